The molecule has 0 amide bonds. The Bertz CT molecular complexity index is 428. The Hall–Kier alpha value is -1.45. The molecule has 0 spiro atoms. The maximum absolute atomic E-state index is 5.12. The van der Waals surface area contributed by atoms with Gasteiger partial charge in [0.05, 0.1) is 23.5 Å². The van der Waals surface area contributed by atoms with Crippen LogP contribution in [0.5, 0.6) is 0 Å². The molecular weight excluding hydrogens is 166 g/mol. The minimum atomic E-state index is -0.0196. The lowest BCUT2D eigenvalue weighted by Crippen LogP contribution is -2.11. The van der Waals surface area contributed by atoms with Crippen LogP contribution in [0.25, 0.3) is 11.0 Å². The molecule has 4 heteroatoms. The first-order chi connectivity index (χ1) is 6.09. The lowest BCUT2D eigenvalue weighted by molar-refractivity contribution is 0.419. The van der Waals surface area contributed by atoms with Crippen molar-refractivity contribution in [3.8, 4) is 0 Å². The van der Waals surface area contributed by atoms with Gasteiger partial charge in [-0.2, -0.15) is 10.2 Å². The fourth-order valence-electron chi connectivity index (χ4n) is 1.25. The second-order valence-electron chi connectivity index (χ2n) is 4.05. The smallest absolute Gasteiger partial charge is 0.188 e. The molecule has 2 aromatic rings. The molecule has 0 aliphatic heterocycles. The van der Waals surface area contributed by atoms with Crippen molar-refractivity contribution in [2.75, 3.05) is 0 Å². The van der Waals surface area contributed by atoms with Crippen molar-refractivity contribution in [2.45, 2.75) is 26.2 Å². The number of nitrogens with zero attached hydrogens (tertiary/aromatic N) is 3. The quantitative estimate of drug-likeness (QED) is 0.616. The summed E-state index contributed by atoms with van der Waals surface area (Å²) in [5, 5.41) is 12.5. The van der Waals surface area contributed by atoms with Crippen LogP contribution in [0.2, 0.25) is 0 Å². The number of hydrogen-bond acceptors (Lipinski definition) is 4. The van der Waals surface area contributed by atoms with Gasteiger partial charge in [0.2, 0.25) is 0 Å². The predicted molar refractivity (Wildman–Crippen MR) is 48.3 cm³/mol. The van der Waals surface area contributed by atoms with Crippen molar-refractivity contribution in [1.82, 2.24) is 15.4 Å². The van der Waals surface area contributed by atoms with Crippen LogP contribution in [-0.4, -0.2) is 15.4 Å². The first-order valence-corrected chi connectivity index (χ1v) is 4.15. The van der Waals surface area contributed by atoms with Crippen molar-refractivity contribution in [3.63, 3.8) is 0 Å². The van der Waals surface area contributed by atoms with Gasteiger partial charge in [-0.25, -0.2) is 0 Å². The Labute approximate surface area is 75.9 Å². The van der Waals surface area contributed by atoms with Crippen LogP contribution in [0.3, 0.4) is 0 Å². The normalized spacial score (nSPS) is 12.2. The SMILES string of the molecule is CC(C)(C)c1noc2cnncc12. The van der Waals surface area contributed by atoms with E-state index in [2.05, 4.69) is 36.1 Å². The standard InChI is InChI=1S/C9H11N3O/c1-9(2,3)8-6-4-10-11-5-7(6)13-12-8/h4-5H,1-3H3. The van der Waals surface area contributed by atoms with Crippen molar-refractivity contribution in [1.29, 1.82) is 0 Å². The molecule has 4 nitrogen and oxygen atoms in total. The van der Waals surface area contributed by atoms with E-state index in [0.29, 0.717) is 5.58 Å². The van der Waals surface area contributed by atoms with Crippen LogP contribution in [0.15, 0.2) is 16.9 Å². The summed E-state index contributed by atoms with van der Waals surface area (Å²) in [6.07, 6.45) is 3.27. The van der Waals surface area contributed by atoms with Crippen molar-refractivity contribution >= 4 is 11.0 Å². The van der Waals surface area contributed by atoms with E-state index in [4.69, 9.17) is 4.52 Å². The van der Waals surface area contributed by atoms with Crippen molar-refractivity contribution in [2.24, 2.45) is 0 Å². The second-order valence-corrected chi connectivity index (χ2v) is 4.05. The van der Waals surface area contributed by atoms with Gasteiger partial charge >= 0.3 is 0 Å². The summed E-state index contributed by atoms with van der Waals surface area (Å²) in [7, 11) is 0. The summed E-state index contributed by atoms with van der Waals surface area (Å²) in [6, 6.07) is 0. The van der Waals surface area contributed by atoms with Gasteiger partial charge in [-0.3, -0.25) is 0 Å². The molecule has 0 saturated heterocycles. The highest BCUT2D eigenvalue weighted by Crippen LogP contribution is 2.27. The lowest BCUT2D eigenvalue weighted by Gasteiger charge is -2.13. The van der Waals surface area contributed by atoms with E-state index in [1.807, 2.05) is 0 Å². The average Bonchev–Trinajstić information content (AvgIpc) is 2.45. The molecule has 13 heavy (non-hydrogen) atoms. The van der Waals surface area contributed by atoms with E-state index in [9.17, 15) is 0 Å². The van der Waals surface area contributed by atoms with E-state index in [-0.39, 0.29) is 5.41 Å². The predicted octanol–water partition coefficient (Wildman–Crippen LogP) is 1.92. The zero-order valence-corrected chi connectivity index (χ0v) is 7.90. The molecule has 0 bridgehead atoms. The van der Waals surface area contributed by atoms with Gasteiger partial charge in [-0.15, -0.1) is 0 Å². The highest BCUT2D eigenvalue weighted by Gasteiger charge is 2.21. The van der Waals surface area contributed by atoms with Crippen LogP contribution < -0.4 is 0 Å². The first-order valence-electron chi connectivity index (χ1n) is 4.15. The Kier molecular flexibility index (Phi) is 1.58. The van der Waals surface area contributed by atoms with E-state index in [1.54, 1.807) is 12.4 Å². The average molecular weight is 177 g/mol. The summed E-state index contributed by atoms with van der Waals surface area (Å²) in [6.45, 7) is 6.26. The van der Waals surface area contributed by atoms with E-state index in [1.165, 1.54) is 0 Å². The Morgan fingerprint density at radius 3 is 2.54 bits per heavy atom. The minimum Gasteiger partial charge on any atom is -0.354 e. The maximum atomic E-state index is 5.12. The van der Waals surface area contributed by atoms with Gasteiger partial charge in [0.25, 0.3) is 0 Å². The summed E-state index contributed by atoms with van der Waals surface area (Å²) in [5.41, 5.74) is 1.60. The van der Waals surface area contributed by atoms with E-state index < -0.39 is 0 Å². The molecule has 2 heterocycles. The molecule has 0 unspecified atom stereocenters. The third kappa shape index (κ3) is 1.28. The Balaban J connectivity index is 2.72. The third-order valence-corrected chi connectivity index (χ3v) is 1.89. The van der Waals surface area contributed by atoms with Crippen LogP contribution in [-0.2, 0) is 5.41 Å². The van der Waals surface area contributed by atoms with Crippen LogP contribution in [0, 0.1) is 0 Å². The maximum Gasteiger partial charge on any atom is 0.188 e. The van der Waals surface area contributed by atoms with E-state index in [0.717, 1.165) is 11.1 Å². The molecule has 0 aliphatic rings. The zero-order valence-electron chi connectivity index (χ0n) is 7.90. The molecule has 0 fully saturated rings. The van der Waals surface area contributed by atoms with Gasteiger partial charge in [0.1, 0.15) is 0 Å². The molecule has 0 atom stereocenters. The molecule has 0 aliphatic carbocycles. The molecule has 2 aromatic heterocycles. The van der Waals surface area contributed by atoms with Crippen LogP contribution >= 0.6 is 0 Å². The molecule has 68 valence electrons. The minimum absolute atomic E-state index is 0.0196. The van der Waals surface area contributed by atoms with Gasteiger partial charge in [-0.05, 0) is 0 Å². The van der Waals surface area contributed by atoms with Crippen LogP contribution in [0.4, 0.5) is 0 Å². The molecule has 0 saturated carbocycles. The topological polar surface area (TPSA) is 51.8 Å². The number of fused-ring (bicyclic) bond motifs is 1. The highest BCUT2D eigenvalue weighted by atomic mass is 16.5. The monoisotopic (exact) mass is 177 g/mol. The molecule has 0 N–H and O–H groups in total. The molecule has 0 aromatic carbocycles. The van der Waals surface area contributed by atoms with Gasteiger partial charge in [-0.1, -0.05) is 25.9 Å². The second kappa shape index (κ2) is 2.52. The summed E-state index contributed by atoms with van der Waals surface area (Å²) < 4.78 is 5.12. The molecule has 2 rings (SSSR count). The van der Waals surface area contributed by atoms with Crippen molar-refractivity contribution < 1.29 is 4.52 Å². The third-order valence-electron chi connectivity index (χ3n) is 1.89. The number of hydrogen-bond donors (Lipinski definition) is 0. The van der Waals surface area contributed by atoms with Gasteiger partial charge < -0.3 is 4.52 Å². The van der Waals surface area contributed by atoms with Gasteiger partial charge in [0, 0.05) is 5.41 Å². The number of rotatable bonds is 0. The zero-order chi connectivity index (χ0) is 9.47. The number of aromatic nitrogens is 3. The van der Waals surface area contributed by atoms with Crippen molar-refractivity contribution in [3.05, 3.63) is 18.1 Å². The summed E-state index contributed by atoms with van der Waals surface area (Å²) >= 11 is 0. The van der Waals surface area contributed by atoms with Crippen LogP contribution in [0.1, 0.15) is 26.5 Å². The molecular formula is C9H11N3O. The van der Waals surface area contributed by atoms with Gasteiger partial charge in [0.15, 0.2) is 5.58 Å². The lowest BCUT2D eigenvalue weighted by atomic mass is 9.90. The largest absolute Gasteiger partial charge is 0.354 e. The fourth-order valence-corrected chi connectivity index (χ4v) is 1.25. The van der Waals surface area contributed by atoms with E-state index >= 15 is 0 Å². The Morgan fingerprint density at radius 1 is 1.15 bits per heavy atom. The fraction of sp³-hybridized carbons (Fsp3) is 0.444. The first kappa shape index (κ1) is 8.16. The summed E-state index contributed by atoms with van der Waals surface area (Å²) in [5.74, 6) is 0. The summed E-state index contributed by atoms with van der Waals surface area (Å²) in [4.78, 5) is 0. The molecule has 0 radical (unpaired) electrons. The highest BCUT2D eigenvalue weighted by molar-refractivity contribution is 5.78. The Morgan fingerprint density at radius 2 is 1.85 bits per heavy atom.